The first kappa shape index (κ1) is 14.8. The van der Waals surface area contributed by atoms with Gasteiger partial charge in [-0.2, -0.15) is 0 Å². The number of hydrogen-bond acceptors (Lipinski definition) is 4. The van der Waals surface area contributed by atoms with Crippen molar-refractivity contribution in [2.45, 2.75) is 20.4 Å². The molecule has 0 aliphatic heterocycles. The number of methoxy groups -OCH3 is 1. The summed E-state index contributed by atoms with van der Waals surface area (Å²) in [5.41, 5.74) is 5.36. The molecule has 6 nitrogen and oxygen atoms in total. The number of nitrogens with zero attached hydrogens (tertiary/aromatic N) is 1. The minimum atomic E-state index is -1.05. The standard InChI is InChI=1S/C13H19N3O3/c1-13(2,11(14)16-18)12(17)15-8-9-4-6-10(19-3)7-5-9/h4-7,18H,8H2,1-3H3,(H2,14,16)(H,15,17). The molecule has 1 aromatic carbocycles. The van der Waals surface area contributed by atoms with E-state index in [2.05, 4.69) is 10.5 Å². The monoisotopic (exact) mass is 265 g/mol. The number of amides is 1. The fourth-order valence-electron chi connectivity index (χ4n) is 1.39. The van der Waals surface area contributed by atoms with Gasteiger partial charge in [0.05, 0.1) is 7.11 Å². The van der Waals surface area contributed by atoms with Crippen molar-refractivity contribution in [2.24, 2.45) is 16.3 Å². The molecule has 19 heavy (non-hydrogen) atoms. The molecule has 0 fully saturated rings. The molecule has 0 saturated heterocycles. The third kappa shape index (κ3) is 3.61. The normalized spacial score (nSPS) is 12.1. The number of amidine groups is 1. The van der Waals surface area contributed by atoms with Gasteiger partial charge in [0, 0.05) is 6.54 Å². The van der Waals surface area contributed by atoms with Gasteiger partial charge in [-0.15, -0.1) is 0 Å². The largest absolute Gasteiger partial charge is 0.497 e. The number of rotatable bonds is 5. The van der Waals surface area contributed by atoms with Crippen LogP contribution in [0, 0.1) is 5.41 Å². The van der Waals surface area contributed by atoms with Crippen LogP contribution in [-0.2, 0) is 11.3 Å². The maximum Gasteiger partial charge on any atom is 0.233 e. The molecular weight excluding hydrogens is 246 g/mol. The van der Waals surface area contributed by atoms with E-state index in [9.17, 15) is 4.79 Å². The van der Waals surface area contributed by atoms with Crippen LogP contribution in [0.2, 0.25) is 0 Å². The second-order valence-electron chi connectivity index (χ2n) is 4.64. The molecule has 6 heteroatoms. The zero-order chi connectivity index (χ0) is 14.5. The van der Waals surface area contributed by atoms with Crippen LogP contribution in [0.4, 0.5) is 0 Å². The summed E-state index contributed by atoms with van der Waals surface area (Å²) in [6.07, 6.45) is 0. The third-order valence-electron chi connectivity index (χ3n) is 2.93. The Morgan fingerprint density at radius 3 is 2.47 bits per heavy atom. The van der Waals surface area contributed by atoms with Gasteiger partial charge in [0.2, 0.25) is 5.91 Å². The second kappa shape index (κ2) is 6.08. The first-order valence-electron chi connectivity index (χ1n) is 5.81. The van der Waals surface area contributed by atoms with Crippen molar-refractivity contribution in [1.29, 1.82) is 0 Å². The van der Waals surface area contributed by atoms with Gasteiger partial charge in [0.15, 0.2) is 5.84 Å². The Labute approximate surface area is 112 Å². The Kier molecular flexibility index (Phi) is 4.74. The van der Waals surface area contributed by atoms with Gasteiger partial charge in [-0.1, -0.05) is 17.3 Å². The molecule has 0 heterocycles. The van der Waals surface area contributed by atoms with E-state index in [0.29, 0.717) is 6.54 Å². The van der Waals surface area contributed by atoms with Crippen molar-refractivity contribution < 1.29 is 14.7 Å². The molecule has 0 aliphatic carbocycles. The van der Waals surface area contributed by atoms with Crippen LogP contribution in [0.5, 0.6) is 5.75 Å². The summed E-state index contributed by atoms with van der Waals surface area (Å²) < 4.78 is 5.05. The molecule has 0 radical (unpaired) electrons. The lowest BCUT2D eigenvalue weighted by Gasteiger charge is -2.21. The molecule has 0 saturated carbocycles. The van der Waals surface area contributed by atoms with Crippen molar-refractivity contribution in [3.8, 4) is 5.75 Å². The van der Waals surface area contributed by atoms with Crippen LogP contribution in [0.15, 0.2) is 29.4 Å². The van der Waals surface area contributed by atoms with Crippen molar-refractivity contribution in [3.05, 3.63) is 29.8 Å². The summed E-state index contributed by atoms with van der Waals surface area (Å²) in [4.78, 5) is 12.0. The predicted octanol–water partition coefficient (Wildman–Crippen LogP) is 1.08. The van der Waals surface area contributed by atoms with Gasteiger partial charge in [0.25, 0.3) is 0 Å². The zero-order valence-corrected chi connectivity index (χ0v) is 11.3. The average molecular weight is 265 g/mol. The van der Waals surface area contributed by atoms with Gasteiger partial charge in [-0.25, -0.2) is 0 Å². The number of benzene rings is 1. The highest BCUT2D eigenvalue weighted by molar-refractivity contribution is 6.05. The topological polar surface area (TPSA) is 96.9 Å². The van der Waals surface area contributed by atoms with E-state index >= 15 is 0 Å². The number of carbonyl (C=O) groups is 1. The second-order valence-corrected chi connectivity index (χ2v) is 4.64. The van der Waals surface area contributed by atoms with Crippen LogP contribution in [0.25, 0.3) is 0 Å². The summed E-state index contributed by atoms with van der Waals surface area (Å²) in [7, 11) is 1.59. The molecule has 4 N–H and O–H groups in total. The van der Waals surface area contributed by atoms with Crippen molar-refractivity contribution in [3.63, 3.8) is 0 Å². The lowest BCUT2D eigenvalue weighted by molar-refractivity contribution is -0.126. The van der Waals surface area contributed by atoms with Crippen molar-refractivity contribution in [2.75, 3.05) is 7.11 Å². The van der Waals surface area contributed by atoms with Gasteiger partial charge in [0.1, 0.15) is 11.2 Å². The molecule has 0 atom stereocenters. The molecular formula is C13H19N3O3. The number of nitrogens with two attached hydrogens (primary N) is 1. The van der Waals surface area contributed by atoms with E-state index in [4.69, 9.17) is 15.7 Å². The smallest absolute Gasteiger partial charge is 0.233 e. The zero-order valence-electron chi connectivity index (χ0n) is 11.3. The minimum Gasteiger partial charge on any atom is -0.497 e. The molecule has 1 rings (SSSR count). The van der Waals surface area contributed by atoms with E-state index in [1.54, 1.807) is 21.0 Å². The SMILES string of the molecule is COc1ccc(CNC(=O)C(C)(C)C(N)=NO)cc1. The maximum absolute atomic E-state index is 12.0. The van der Waals surface area contributed by atoms with Gasteiger partial charge >= 0.3 is 0 Å². The fraction of sp³-hybridized carbons (Fsp3) is 0.385. The molecule has 0 aromatic heterocycles. The number of ether oxygens (including phenoxy) is 1. The quantitative estimate of drug-likeness (QED) is 0.321. The van der Waals surface area contributed by atoms with Gasteiger partial charge < -0.3 is 21.0 Å². The van der Waals surface area contributed by atoms with E-state index in [1.807, 2.05) is 24.3 Å². The Balaban J connectivity index is 2.63. The molecule has 1 amide bonds. The van der Waals surface area contributed by atoms with Crippen LogP contribution in [0.3, 0.4) is 0 Å². The van der Waals surface area contributed by atoms with E-state index in [0.717, 1.165) is 11.3 Å². The lowest BCUT2D eigenvalue weighted by Crippen LogP contribution is -2.45. The molecule has 0 aliphatic rings. The van der Waals surface area contributed by atoms with Crippen LogP contribution in [-0.4, -0.2) is 24.1 Å². The molecule has 1 aromatic rings. The fourth-order valence-corrected chi connectivity index (χ4v) is 1.39. The highest BCUT2D eigenvalue weighted by Gasteiger charge is 2.32. The number of hydrogen-bond donors (Lipinski definition) is 3. The first-order valence-corrected chi connectivity index (χ1v) is 5.81. The minimum absolute atomic E-state index is 0.125. The first-order chi connectivity index (χ1) is 8.91. The van der Waals surface area contributed by atoms with Crippen LogP contribution in [0.1, 0.15) is 19.4 Å². The number of nitrogens with one attached hydrogen (secondary N) is 1. The van der Waals surface area contributed by atoms with Crippen molar-refractivity contribution in [1.82, 2.24) is 5.32 Å². The van der Waals surface area contributed by atoms with Crippen LogP contribution >= 0.6 is 0 Å². The highest BCUT2D eigenvalue weighted by atomic mass is 16.5. The number of oxime groups is 1. The summed E-state index contributed by atoms with van der Waals surface area (Å²) in [6, 6.07) is 7.34. The van der Waals surface area contributed by atoms with Gasteiger partial charge in [-0.3, -0.25) is 4.79 Å². The van der Waals surface area contributed by atoms with E-state index in [1.165, 1.54) is 0 Å². The maximum atomic E-state index is 12.0. The average Bonchev–Trinajstić information content (AvgIpc) is 2.44. The third-order valence-corrected chi connectivity index (χ3v) is 2.93. The molecule has 0 unspecified atom stereocenters. The molecule has 0 spiro atoms. The van der Waals surface area contributed by atoms with Crippen molar-refractivity contribution >= 4 is 11.7 Å². The van der Waals surface area contributed by atoms with E-state index in [-0.39, 0.29) is 11.7 Å². The number of carbonyl (C=O) groups excluding carboxylic acids is 1. The molecule has 0 bridgehead atoms. The Bertz CT molecular complexity index is 467. The lowest BCUT2D eigenvalue weighted by atomic mass is 9.91. The Hall–Kier alpha value is -2.24. The predicted molar refractivity (Wildman–Crippen MR) is 72.0 cm³/mol. The Morgan fingerprint density at radius 1 is 1.42 bits per heavy atom. The summed E-state index contributed by atoms with van der Waals surface area (Å²) in [5.74, 6) is 0.324. The summed E-state index contributed by atoms with van der Waals surface area (Å²) >= 11 is 0. The van der Waals surface area contributed by atoms with Gasteiger partial charge in [-0.05, 0) is 31.5 Å². The summed E-state index contributed by atoms with van der Waals surface area (Å²) in [6.45, 7) is 3.54. The molecule has 104 valence electrons. The Morgan fingerprint density at radius 2 is 2.00 bits per heavy atom. The summed E-state index contributed by atoms with van der Waals surface area (Å²) in [5, 5.41) is 14.2. The van der Waals surface area contributed by atoms with E-state index < -0.39 is 5.41 Å². The van der Waals surface area contributed by atoms with Crippen LogP contribution < -0.4 is 15.8 Å². The highest BCUT2D eigenvalue weighted by Crippen LogP contribution is 2.16.